The number of hydrogen-bond acceptors (Lipinski definition) is 6. The van der Waals surface area contributed by atoms with Gasteiger partial charge in [-0.05, 0) is 19.4 Å². The Hall–Kier alpha value is -2.27. The summed E-state index contributed by atoms with van der Waals surface area (Å²) in [6, 6.07) is 11.0. The van der Waals surface area contributed by atoms with E-state index in [1.165, 1.54) is 11.8 Å². The number of urea groups is 1. The van der Waals surface area contributed by atoms with Gasteiger partial charge in [0, 0.05) is 5.75 Å². The molecule has 10 heteroatoms. The van der Waals surface area contributed by atoms with Crippen LogP contribution in [0.15, 0.2) is 35.4 Å². The third kappa shape index (κ3) is 3.56. The largest absolute Gasteiger partial charge is 0.419 e. The first-order valence-corrected chi connectivity index (χ1v) is 10.1. The molecule has 0 bridgehead atoms. The van der Waals surface area contributed by atoms with Crippen LogP contribution in [0, 0.1) is 11.3 Å². The molecule has 2 aromatic rings. The second-order valence-electron chi connectivity index (χ2n) is 5.54. The molecule has 0 aliphatic carbocycles. The number of rotatable bonds is 5. The maximum absolute atomic E-state index is 13.0. The van der Waals surface area contributed by atoms with Crippen LogP contribution in [0.2, 0.25) is 0 Å². The summed E-state index contributed by atoms with van der Waals surface area (Å²) in [4.78, 5) is 11.8. The number of anilines is 1. The number of nitrogens with zero attached hydrogens (tertiary/aromatic N) is 3. The molecule has 2 N–H and O–H groups in total. The number of hydrogen-bond donors (Lipinski definition) is 2. The zero-order valence-corrected chi connectivity index (χ0v) is 15.3. The first-order chi connectivity index (χ1) is 11.9. The summed E-state index contributed by atoms with van der Waals surface area (Å²) < 4.78 is 19.5. The second-order valence-corrected chi connectivity index (χ2v) is 8.36. The van der Waals surface area contributed by atoms with Crippen molar-refractivity contribution >= 4 is 31.3 Å². The number of fused-ring (bicyclic) bond motifs is 1. The van der Waals surface area contributed by atoms with Crippen molar-refractivity contribution in [3.8, 4) is 6.07 Å². The van der Waals surface area contributed by atoms with Gasteiger partial charge in [-0.1, -0.05) is 42.1 Å². The van der Waals surface area contributed by atoms with E-state index >= 15 is 0 Å². The first-order valence-electron chi connectivity index (χ1n) is 7.51. The molecule has 2 amide bonds. The number of carbonyl (C=O) groups excluding carboxylic acids is 1. The molecular weight excluding hydrogens is 361 g/mol. The Bertz CT molecular complexity index is 891. The van der Waals surface area contributed by atoms with Crippen LogP contribution in [-0.2, 0) is 14.8 Å². The van der Waals surface area contributed by atoms with Crippen molar-refractivity contribution in [3.63, 3.8) is 0 Å². The molecule has 0 spiro atoms. The van der Waals surface area contributed by atoms with E-state index in [1.807, 2.05) is 36.4 Å². The lowest BCUT2D eigenvalue weighted by Crippen LogP contribution is -2.36. The number of benzene rings is 1. The van der Waals surface area contributed by atoms with E-state index in [1.54, 1.807) is 13.8 Å². The average Bonchev–Trinajstić information content (AvgIpc) is 2.91. The molecule has 1 atom stereocenters. The molecule has 1 aliphatic heterocycles. The lowest BCUT2D eigenvalue weighted by molar-refractivity contribution is 0.224. The second kappa shape index (κ2) is 6.92. The van der Waals surface area contributed by atoms with Crippen LogP contribution >= 0.6 is 19.4 Å². The topological polar surface area (TPSA) is 109 Å². The van der Waals surface area contributed by atoms with E-state index in [4.69, 9.17) is 4.52 Å². The third-order valence-electron chi connectivity index (χ3n) is 3.24. The first kappa shape index (κ1) is 17.5. The molecule has 1 unspecified atom stereocenters. The lowest BCUT2D eigenvalue weighted by Gasteiger charge is -2.26. The van der Waals surface area contributed by atoms with Gasteiger partial charge >= 0.3 is 13.7 Å². The van der Waals surface area contributed by atoms with Crippen LogP contribution in [0.25, 0.3) is 0 Å². The molecule has 3 rings (SSSR count). The van der Waals surface area contributed by atoms with Crippen LogP contribution in [-0.4, -0.2) is 21.7 Å². The van der Waals surface area contributed by atoms with E-state index in [0.717, 1.165) is 10.0 Å². The predicted octanol–water partition coefficient (Wildman–Crippen LogP) is 3.56. The molecule has 1 aliphatic rings. The Balaban J connectivity index is 1.97. The zero-order valence-electron chi connectivity index (χ0n) is 13.6. The van der Waals surface area contributed by atoms with E-state index in [9.17, 15) is 14.6 Å². The highest BCUT2D eigenvalue weighted by atomic mass is 32.2. The van der Waals surface area contributed by atoms with Gasteiger partial charge in [-0.3, -0.25) is 9.84 Å². The zero-order chi connectivity index (χ0) is 18.0. The van der Waals surface area contributed by atoms with Crippen LogP contribution in [0.5, 0.6) is 0 Å². The maximum atomic E-state index is 13.0. The van der Waals surface area contributed by atoms with Gasteiger partial charge in [0.05, 0.1) is 6.10 Å². The van der Waals surface area contributed by atoms with Crippen molar-refractivity contribution in [2.45, 2.75) is 30.7 Å². The summed E-state index contributed by atoms with van der Waals surface area (Å²) in [6.07, 6.45) is -0.396. The van der Waals surface area contributed by atoms with Crippen molar-refractivity contribution in [1.82, 2.24) is 14.6 Å². The van der Waals surface area contributed by atoms with Crippen LogP contribution < -0.4 is 10.4 Å². The highest BCUT2D eigenvalue weighted by Crippen LogP contribution is 2.51. The van der Waals surface area contributed by atoms with E-state index in [0.29, 0.717) is 10.8 Å². The fourth-order valence-corrected chi connectivity index (χ4v) is 5.01. The van der Waals surface area contributed by atoms with Gasteiger partial charge in [-0.25, -0.2) is 14.4 Å². The van der Waals surface area contributed by atoms with Crippen LogP contribution in [0.1, 0.15) is 25.0 Å². The van der Waals surface area contributed by atoms with Gasteiger partial charge in [0.25, 0.3) is 0 Å². The number of carbonyl (C=O) groups is 1. The number of thioether (sulfide) groups is 1. The van der Waals surface area contributed by atoms with Gasteiger partial charge in [-0.15, -0.1) is 0 Å². The molecule has 1 aromatic carbocycles. The van der Waals surface area contributed by atoms with Gasteiger partial charge < -0.3 is 0 Å². The Morgan fingerprint density at radius 1 is 1.40 bits per heavy atom. The van der Waals surface area contributed by atoms with E-state index in [2.05, 4.69) is 15.5 Å². The summed E-state index contributed by atoms with van der Waals surface area (Å²) in [7, 11) is -3.75. The summed E-state index contributed by atoms with van der Waals surface area (Å²) in [6.45, 7) is 3.40. The number of aromatic nitrogens is 2. The molecule has 2 heterocycles. The third-order valence-corrected chi connectivity index (χ3v) is 6.26. The number of nitrogens with one attached hydrogen (secondary N) is 2. The Kier molecular flexibility index (Phi) is 4.86. The van der Waals surface area contributed by atoms with Gasteiger partial charge in [0.2, 0.25) is 0 Å². The molecular formula is C15H16N5O3PS. The van der Waals surface area contributed by atoms with Gasteiger partial charge in [0.15, 0.2) is 5.82 Å². The lowest BCUT2D eigenvalue weighted by atomic mass is 10.2. The maximum Gasteiger partial charge on any atom is 0.419 e. The minimum atomic E-state index is -3.75. The monoisotopic (exact) mass is 377 g/mol. The number of amides is 2. The quantitative estimate of drug-likeness (QED) is 0.609. The van der Waals surface area contributed by atoms with Crippen LogP contribution in [0.4, 0.5) is 10.6 Å². The van der Waals surface area contributed by atoms with Gasteiger partial charge in [0.1, 0.15) is 16.7 Å². The molecule has 25 heavy (non-hydrogen) atoms. The highest BCUT2D eigenvalue weighted by molar-refractivity contribution is 7.98. The summed E-state index contributed by atoms with van der Waals surface area (Å²) in [5.41, 5.74) is 1.23. The highest BCUT2D eigenvalue weighted by Gasteiger charge is 2.40. The molecule has 0 saturated heterocycles. The smallest absolute Gasteiger partial charge is 0.293 e. The Labute approximate surface area is 149 Å². The van der Waals surface area contributed by atoms with Gasteiger partial charge in [-0.2, -0.15) is 14.8 Å². The normalized spacial score (nSPS) is 19.0. The molecule has 0 radical (unpaired) electrons. The molecule has 130 valence electrons. The average molecular weight is 377 g/mol. The summed E-state index contributed by atoms with van der Waals surface area (Å²) in [5.74, 6) is 0.675. The molecule has 0 fully saturated rings. The Morgan fingerprint density at radius 3 is 2.76 bits per heavy atom. The van der Waals surface area contributed by atoms with Crippen LogP contribution in [0.3, 0.4) is 0 Å². The molecule has 8 nitrogen and oxygen atoms in total. The SMILES string of the molecule is CC(C)OP1(=O)NC(=O)Nc2c(C#N)c(SCc3ccccc3)nn21. The van der Waals surface area contributed by atoms with E-state index < -0.39 is 19.8 Å². The summed E-state index contributed by atoms with van der Waals surface area (Å²) in [5, 5.41) is 18.9. The summed E-state index contributed by atoms with van der Waals surface area (Å²) >= 11 is 1.33. The standard InChI is InChI=1S/C15H16N5O3PS/c1-10(2)23-24(22)19-15(21)17-13-12(8-16)14(18-20(13)24)25-9-11-6-4-3-5-7-11/h3-7,10H,9H2,1-2H3,(H2,17,19,21,22). The van der Waals surface area contributed by atoms with Crippen molar-refractivity contribution in [2.24, 2.45) is 0 Å². The fourth-order valence-electron chi connectivity index (χ4n) is 2.29. The van der Waals surface area contributed by atoms with Crippen molar-refractivity contribution in [3.05, 3.63) is 41.5 Å². The number of nitriles is 1. The van der Waals surface area contributed by atoms with Crippen molar-refractivity contribution in [2.75, 3.05) is 5.32 Å². The predicted molar refractivity (Wildman–Crippen MR) is 94.3 cm³/mol. The van der Waals surface area contributed by atoms with E-state index in [-0.39, 0.29) is 11.4 Å². The fraction of sp³-hybridized carbons (Fsp3) is 0.267. The molecule has 0 saturated carbocycles. The van der Waals surface area contributed by atoms with Crippen molar-refractivity contribution in [1.29, 1.82) is 5.26 Å². The minimum Gasteiger partial charge on any atom is -0.293 e. The molecule has 1 aromatic heterocycles. The van der Waals surface area contributed by atoms with Crippen molar-refractivity contribution < 1.29 is 13.9 Å². The Morgan fingerprint density at radius 2 is 2.12 bits per heavy atom. The minimum absolute atomic E-state index is 0.0887.